The highest BCUT2D eigenvalue weighted by Gasteiger charge is 2.40. The molecule has 21 heavy (non-hydrogen) atoms. The molecule has 1 unspecified atom stereocenters. The molecule has 1 saturated carbocycles. The molecule has 7 nitrogen and oxygen atoms in total. The third-order valence-electron chi connectivity index (χ3n) is 3.91. The molecule has 0 aromatic carbocycles. The van der Waals surface area contributed by atoms with Crippen LogP contribution in [0.4, 0.5) is 0 Å². The number of carboxylic acids is 1. The Bertz CT molecular complexity index is 629. The third-order valence-corrected chi connectivity index (χ3v) is 5.81. The van der Waals surface area contributed by atoms with Crippen molar-refractivity contribution in [2.24, 2.45) is 5.92 Å². The van der Waals surface area contributed by atoms with E-state index < -0.39 is 16.0 Å². The molecule has 0 spiro atoms. The van der Waals surface area contributed by atoms with Gasteiger partial charge in [0.05, 0.1) is 6.61 Å². The summed E-state index contributed by atoms with van der Waals surface area (Å²) < 4.78 is 32.2. The molecule has 2 fully saturated rings. The van der Waals surface area contributed by atoms with E-state index in [2.05, 4.69) is 4.98 Å². The Balaban J connectivity index is 1.83. The predicted molar refractivity (Wildman–Crippen MR) is 73.6 cm³/mol. The summed E-state index contributed by atoms with van der Waals surface area (Å²) >= 11 is 0. The van der Waals surface area contributed by atoms with Crippen molar-refractivity contribution in [3.8, 4) is 0 Å². The summed E-state index contributed by atoms with van der Waals surface area (Å²) in [6.07, 6.45) is 3.84. The molecule has 1 aromatic heterocycles. The Morgan fingerprint density at radius 2 is 2.19 bits per heavy atom. The first-order chi connectivity index (χ1) is 9.98. The van der Waals surface area contributed by atoms with E-state index in [4.69, 9.17) is 9.84 Å². The lowest BCUT2D eigenvalue weighted by atomic mass is 10.1. The molecule has 1 aliphatic carbocycles. The van der Waals surface area contributed by atoms with Crippen molar-refractivity contribution in [2.45, 2.75) is 30.2 Å². The molecule has 1 aromatic rings. The largest absolute Gasteiger partial charge is 0.477 e. The number of sulfonamides is 1. The van der Waals surface area contributed by atoms with E-state index in [0.717, 1.165) is 19.3 Å². The van der Waals surface area contributed by atoms with Crippen LogP contribution in [-0.4, -0.2) is 54.6 Å². The number of carbonyl (C=O) groups is 1. The number of rotatable bonds is 6. The molecular formula is C13H18N2O5S. The lowest BCUT2D eigenvalue weighted by Crippen LogP contribution is -2.37. The van der Waals surface area contributed by atoms with Crippen LogP contribution in [0.2, 0.25) is 0 Å². The number of aromatic carboxylic acids is 1. The summed E-state index contributed by atoms with van der Waals surface area (Å²) in [5.41, 5.74) is -0.117. The highest BCUT2D eigenvalue weighted by molar-refractivity contribution is 7.89. The smallest absolute Gasteiger partial charge is 0.352 e. The molecule has 8 heteroatoms. The number of hydrogen-bond acceptors (Lipinski definition) is 4. The fourth-order valence-corrected chi connectivity index (χ4v) is 4.33. The summed E-state index contributed by atoms with van der Waals surface area (Å²) in [4.78, 5) is 13.4. The van der Waals surface area contributed by atoms with Gasteiger partial charge in [-0.3, -0.25) is 0 Å². The average Bonchev–Trinajstić information content (AvgIpc) is 2.95. The van der Waals surface area contributed by atoms with Crippen molar-refractivity contribution < 1.29 is 23.1 Å². The molecular weight excluding hydrogens is 296 g/mol. The van der Waals surface area contributed by atoms with Gasteiger partial charge in [-0.1, -0.05) is 0 Å². The van der Waals surface area contributed by atoms with Crippen LogP contribution < -0.4 is 0 Å². The van der Waals surface area contributed by atoms with Gasteiger partial charge >= 0.3 is 5.97 Å². The van der Waals surface area contributed by atoms with Crippen molar-refractivity contribution in [3.05, 3.63) is 18.0 Å². The van der Waals surface area contributed by atoms with E-state index in [1.807, 2.05) is 0 Å². The average molecular weight is 314 g/mol. The van der Waals surface area contributed by atoms with Gasteiger partial charge in [0.1, 0.15) is 10.6 Å². The first-order valence-electron chi connectivity index (χ1n) is 7.00. The molecule has 0 radical (unpaired) electrons. The van der Waals surface area contributed by atoms with Crippen LogP contribution >= 0.6 is 0 Å². The summed E-state index contributed by atoms with van der Waals surface area (Å²) in [5.74, 6) is -0.947. The first kappa shape index (κ1) is 14.6. The van der Waals surface area contributed by atoms with Gasteiger partial charge < -0.3 is 14.8 Å². The summed E-state index contributed by atoms with van der Waals surface area (Å²) in [7, 11) is -3.65. The van der Waals surface area contributed by atoms with E-state index in [-0.39, 0.29) is 22.5 Å². The maximum absolute atomic E-state index is 12.7. The molecule has 1 saturated heterocycles. The molecule has 0 bridgehead atoms. The number of nitrogens with one attached hydrogen (secondary N) is 1. The van der Waals surface area contributed by atoms with Crippen molar-refractivity contribution in [1.29, 1.82) is 0 Å². The van der Waals surface area contributed by atoms with Crippen LogP contribution in [0.3, 0.4) is 0 Å². The lowest BCUT2D eigenvalue weighted by Gasteiger charge is -2.23. The van der Waals surface area contributed by atoms with Crippen LogP contribution in [0, 0.1) is 5.92 Å². The Labute approximate surface area is 123 Å². The standard InChI is InChI=1S/C13H18N2O5S/c16-13(17)12-5-11(6-14-12)21(18,19)15(10-1-2-10)7-9-3-4-20-8-9/h5-6,9-10,14H,1-4,7-8H2,(H,16,17). The summed E-state index contributed by atoms with van der Waals surface area (Å²) in [6.45, 7) is 1.71. The lowest BCUT2D eigenvalue weighted by molar-refractivity contribution is 0.0691. The number of aromatic nitrogens is 1. The molecule has 116 valence electrons. The van der Waals surface area contributed by atoms with E-state index in [0.29, 0.717) is 19.8 Å². The van der Waals surface area contributed by atoms with Crippen LogP contribution in [0.25, 0.3) is 0 Å². The van der Waals surface area contributed by atoms with Gasteiger partial charge in [-0.2, -0.15) is 4.31 Å². The number of H-pyrrole nitrogens is 1. The predicted octanol–water partition coefficient (Wildman–Crippen LogP) is 0.902. The molecule has 2 heterocycles. The van der Waals surface area contributed by atoms with Crippen molar-refractivity contribution in [2.75, 3.05) is 19.8 Å². The number of carboxylic acid groups (broad SMARTS) is 1. The van der Waals surface area contributed by atoms with Gasteiger partial charge in [-0.25, -0.2) is 13.2 Å². The van der Waals surface area contributed by atoms with E-state index in [9.17, 15) is 13.2 Å². The van der Waals surface area contributed by atoms with Crippen LogP contribution in [0.5, 0.6) is 0 Å². The number of hydrogen-bond donors (Lipinski definition) is 2. The molecule has 2 N–H and O–H groups in total. The van der Waals surface area contributed by atoms with E-state index in [1.54, 1.807) is 0 Å². The highest BCUT2D eigenvalue weighted by Crippen LogP contribution is 2.34. The van der Waals surface area contributed by atoms with Crippen LogP contribution in [0.15, 0.2) is 17.2 Å². The Morgan fingerprint density at radius 3 is 2.71 bits per heavy atom. The van der Waals surface area contributed by atoms with Crippen molar-refractivity contribution in [1.82, 2.24) is 9.29 Å². The van der Waals surface area contributed by atoms with Gasteiger partial charge in [0.15, 0.2) is 0 Å². The van der Waals surface area contributed by atoms with Gasteiger partial charge in [-0.05, 0) is 31.2 Å². The fourth-order valence-electron chi connectivity index (χ4n) is 2.57. The second-order valence-corrected chi connectivity index (χ2v) is 7.48. The maximum Gasteiger partial charge on any atom is 0.352 e. The third kappa shape index (κ3) is 2.97. The second-order valence-electron chi connectivity index (χ2n) is 5.59. The van der Waals surface area contributed by atoms with Crippen LogP contribution in [-0.2, 0) is 14.8 Å². The zero-order valence-corrected chi connectivity index (χ0v) is 12.3. The Morgan fingerprint density at radius 1 is 1.43 bits per heavy atom. The monoisotopic (exact) mass is 314 g/mol. The van der Waals surface area contributed by atoms with Crippen molar-refractivity contribution in [3.63, 3.8) is 0 Å². The molecule has 0 amide bonds. The maximum atomic E-state index is 12.7. The van der Waals surface area contributed by atoms with Crippen LogP contribution in [0.1, 0.15) is 29.8 Å². The number of aromatic amines is 1. The molecule has 3 rings (SSSR count). The second kappa shape index (κ2) is 5.43. The first-order valence-corrected chi connectivity index (χ1v) is 8.44. The fraction of sp³-hybridized carbons (Fsp3) is 0.615. The summed E-state index contributed by atoms with van der Waals surface area (Å²) in [6, 6.07) is 1.22. The van der Waals surface area contributed by atoms with Gasteiger partial charge in [0, 0.05) is 25.4 Å². The van der Waals surface area contributed by atoms with Gasteiger partial charge in [0.25, 0.3) is 0 Å². The SMILES string of the molecule is O=C(O)c1cc(S(=O)(=O)N(CC2CCOC2)C2CC2)c[nH]1. The number of nitrogens with zero attached hydrogens (tertiary/aromatic N) is 1. The Kier molecular flexibility index (Phi) is 3.76. The minimum absolute atomic E-state index is 0.0192. The number of ether oxygens (including phenoxy) is 1. The van der Waals surface area contributed by atoms with E-state index in [1.165, 1.54) is 16.6 Å². The zero-order valence-electron chi connectivity index (χ0n) is 11.5. The normalized spacial score (nSPS) is 22.8. The van der Waals surface area contributed by atoms with Crippen molar-refractivity contribution >= 4 is 16.0 Å². The van der Waals surface area contributed by atoms with Gasteiger partial charge in [0.2, 0.25) is 10.0 Å². The highest BCUT2D eigenvalue weighted by atomic mass is 32.2. The quantitative estimate of drug-likeness (QED) is 0.813. The van der Waals surface area contributed by atoms with E-state index >= 15 is 0 Å². The minimum atomic E-state index is -3.65. The molecule has 2 aliphatic rings. The Hall–Kier alpha value is -1.38. The molecule has 1 aliphatic heterocycles. The zero-order chi connectivity index (χ0) is 15.0. The summed E-state index contributed by atoms with van der Waals surface area (Å²) in [5, 5.41) is 8.90. The molecule has 1 atom stereocenters. The minimum Gasteiger partial charge on any atom is -0.477 e. The van der Waals surface area contributed by atoms with Gasteiger partial charge in [-0.15, -0.1) is 0 Å². The topological polar surface area (TPSA) is 99.7 Å².